The summed E-state index contributed by atoms with van der Waals surface area (Å²) in [6, 6.07) is 5.73. The van der Waals surface area contributed by atoms with Gasteiger partial charge in [0.2, 0.25) is 11.9 Å². The van der Waals surface area contributed by atoms with Crippen LogP contribution < -0.4 is 20.3 Å². The Labute approximate surface area is 295 Å². The van der Waals surface area contributed by atoms with Gasteiger partial charge in [0.05, 0.1) is 0 Å². The quantitative estimate of drug-likeness (QED) is 0.167. The Morgan fingerprint density at radius 3 is 2.33 bits per heavy atom. The lowest BCUT2D eigenvalue weighted by molar-refractivity contribution is -0.153. The van der Waals surface area contributed by atoms with Crippen LogP contribution in [0.15, 0.2) is 37.4 Å². The number of fused-ring (bicyclic) bond motifs is 1. The Hall–Kier alpha value is -4.65. The minimum atomic E-state index is -4.62. The minimum Gasteiger partial charge on any atom is -0.481 e. The Morgan fingerprint density at radius 2 is 1.73 bits per heavy atom. The van der Waals surface area contributed by atoms with Crippen molar-refractivity contribution in [3.63, 3.8) is 0 Å². The van der Waals surface area contributed by atoms with Crippen molar-refractivity contribution in [2.45, 2.75) is 44.8 Å². The average molecular weight is 701 g/mol. The van der Waals surface area contributed by atoms with Gasteiger partial charge in [-0.15, -0.1) is 0 Å². The number of carbonyl (C=O) groups excluding carboxylic acids is 1. The number of halogens is 3. The molecule has 5 heterocycles. The van der Waals surface area contributed by atoms with Gasteiger partial charge in [0.1, 0.15) is 11.3 Å². The number of carbonyl (C=O) groups is 1. The number of ether oxygens (including phenoxy) is 1. The van der Waals surface area contributed by atoms with E-state index in [0.717, 1.165) is 50.8 Å². The van der Waals surface area contributed by atoms with E-state index in [0.29, 0.717) is 82.7 Å². The molecular formula is C38H43F3N8O2. The maximum atomic E-state index is 13.9. The van der Waals surface area contributed by atoms with E-state index in [4.69, 9.17) is 25.8 Å². The lowest BCUT2D eigenvalue weighted by atomic mass is 9.72. The van der Waals surface area contributed by atoms with Gasteiger partial charge in [0, 0.05) is 92.2 Å². The molecule has 5 fully saturated rings. The van der Waals surface area contributed by atoms with E-state index in [1.807, 2.05) is 17.9 Å². The predicted molar refractivity (Wildman–Crippen MR) is 194 cm³/mol. The number of alkyl halides is 3. The number of likely N-dealkylation sites (tertiary alicyclic amines) is 2. The lowest BCUT2D eigenvalue weighted by Gasteiger charge is -2.54. The second-order valence-corrected chi connectivity index (χ2v) is 15.3. The van der Waals surface area contributed by atoms with Crippen molar-refractivity contribution in [2.24, 2.45) is 10.8 Å². The summed E-state index contributed by atoms with van der Waals surface area (Å²) in [6.45, 7) is 14.4. The first-order chi connectivity index (χ1) is 24.4. The Bertz CT molecular complexity index is 1940. The summed E-state index contributed by atoms with van der Waals surface area (Å²) in [6.07, 6.45) is 3.73. The summed E-state index contributed by atoms with van der Waals surface area (Å²) in [7, 11) is 0. The third kappa shape index (κ3) is 5.79. The molecule has 0 radical (unpaired) electrons. The fourth-order valence-corrected chi connectivity index (χ4v) is 8.53. The van der Waals surface area contributed by atoms with Crippen molar-refractivity contribution in [3.05, 3.63) is 54.1 Å². The van der Waals surface area contributed by atoms with E-state index < -0.39 is 12.8 Å². The van der Waals surface area contributed by atoms with Crippen molar-refractivity contribution in [1.82, 2.24) is 19.8 Å². The molecule has 10 nitrogen and oxygen atoms in total. The normalized spacial score (nSPS) is 20.9. The van der Waals surface area contributed by atoms with Crippen molar-refractivity contribution >= 4 is 46.6 Å². The van der Waals surface area contributed by atoms with Crippen LogP contribution in [0.1, 0.15) is 42.4 Å². The molecule has 4 saturated heterocycles. The molecule has 0 unspecified atom stereocenters. The maximum Gasteiger partial charge on any atom is 0.422 e. The molecule has 1 amide bonds. The number of nitrogens with one attached hydrogen (secondary N) is 1. The van der Waals surface area contributed by atoms with Crippen LogP contribution in [-0.4, -0.2) is 103 Å². The number of aromatic nitrogens is 2. The second-order valence-electron chi connectivity index (χ2n) is 15.3. The molecule has 3 N–H and O–H groups in total. The molecule has 8 rings (SSSR count). The summed E-state index contributed by atoms with van der Waals surface area (Å²) < 4.78 is 47.6. The van der Waals surface area contributed by atoms with Gasteiger partial charge in [0.25, 0.3) is 0 Å². The molecule has 5 aliphatic rings. The number of amides is 1. The average Bonchev–Trinajstić information content (AvgIpc) is 3.86. The molecule has 51 heavy (non-hydrogen) atoms. The largest absolute Gasteiger partial charge is 0.481 e. The maximum absolute atomic E-state index is 13.9. The topological polar surface area (TPSA) is 115 Å². The standard InChI is InChI=1S/C38H43F3N8O2/c1-4-24-14-26-32(33(51-22-38(39,40)41)31(24)30-23(3)6-7-28(43)27(30)15-42)44-35(47-16-25(17-47)48-18-36(19-48)8-9-36)45-34(26)46-12-10-37(11-13-46)20-49(21-37)29(50)5-2/h4-7,14-15,25,42H,1-2,8-13,16-22,43H2,3H3. The van der Waals surface area contributed by atoms with E-state index in [2.05, 4.69) is 27.9 Å². The number of benzene rings is 2. The van der Waals surface area contributed by atoms with E-state index >= 15 is 0 Å². The zero-order valence-corrected chi connectivity index (χ0v) is 28.9. The van der Waals surface area contributed by atoms with Crippen LogP contribution in [0.25, 0.3) is 28.1 Å². The second kappa shape index (κ2) is 12.0. The van der Waals surface area contributed by atoms with Gasteiger partial charge in [-0.1, -0.05) is 25.3 Å². The molecule has 13 heteroatoms. The molecule has 1 saturated carbocycles. The van der Waals surface area contributed by atoms with Crippen LogP contribution >= 0.6 is 0 Å². The van der Waals surface area contributed by atoms with Crippen LogP contribution in [0, 0.1) is 23.2 Å². The Balaban J connectivity index is 1.24. The number of nitrogen functional groups attached to an aromatic ring is 1. The number of anilines is 3. The summed E-state index contributed by atoms with van der Waals surface area (Å²) in [5, 5.41) is 8.77. The molecule has 1 aliphatic carbocycles. The molecule has 2 aromatic carbocycles. The fraction of sp³-hybridized carbons (Fsp3) is 0.474. The first-order valence-corrected chi connectivity index (χ1v) is 17.6. The smallest absolute Gasteiger partial charge is 0.422 e. The SMILES string of the molecule is C=CC(=O)N1CC2(CCN(c3nc(N4CC(N5CC6(CC6)C5)C4)nc4c(OCC(F)(F)F)c(-c5c(C)ccc(N)c5C=N)c(C=C)cc34)CC2)C1. The highest BCUT2D eigenvalue weighted by Gasteiger charge is 2.55. The van der Waals surface area contributed by atoms with Gasteiger partial charge in [-0.05, 0) is 72.9 Å². The van der Waals surface area contributed by atoms with E-state index in [-0.39, 0.29) is 22.6 Å². The van der Waals surface area contributed by atoms with Gasteiger partial charge >= 0.3 is 6.18 Å². The van der Waals surface area contributed by atoms with Crippen molar-refractivity contribution in [2.75, 3.05) is 74.5 Å². The third-order valence-corrected chi connectivity index (χ3v) is 11.8. The number of nitrogens with two attached hydrogens (primary N) is 1. The van der Waals surface area contributed by atoms with Gasteiger partial charge in [-0.3, -0.25) is 9.69 Å². The van der Waals surface area contributed by atoms with Crippen molar-refractivity contribution in [1.29, 1.82) is 5.41 Å². The van der Waals surface area contributed by atoms with Gasteiger partial charge in [-0.2, -0.15) is 18.2 Å². The molecule has 4 aliphatic heterocycles. The van der Waals surface area contributed by atoms with Gasteiger partial charge < -0.3 is 30.6 Å². The zero-order chi connectivity index (χ0) is 35.9. The van der Waals surface area contributed by atoms with Gasteiger partial charge in [-0.25, -0.2) is 4.98 Å². The summed E-state index contributed by atoms with van der Waals surface area (Å²) in [4.78, 5) is 31.0. The first kappa shape index (κ1) is 33.5. The monoisotopic (exact) mass is 700 g/mol. The molecule has 0 atom stereocenters. The molecular weight excluding hydrogens is 657 g/mol. The number of rotatable bonds is 9. The summed E-state index contributed by atoms with van der Waals surface area (Å²) in [5.41, 5.74) is 9.96. The predicted octanol–water partition coefficient (Wildman–Crippen LogP) is 5.67. The summed E-state index contributed by atoms with van der Waals surface area (Å²) >= 11 is 0. The van der Waals surface area contributed by atoms with E-state index in [1.165, 1.54) is 18.9 Å². The number of piperidine rings is 1. The third-order valence-electron chi connectivity index (χ3n) is 11.8. The van der Waals surface area contributed by atoms with Gasteiger partial charge in [0.15, 0.2) is 12.4 Å². The van der Waals surface area contributed by atoms with Crippen molar-refractivity contribution < 1.29 is 22.7 Å². The van der Waals surface area contributed by atoms with E-state index in [1.54, 1.807) is 18.2 Å². The van der Waals surface area contributed by atoms with Crippen LogP contribution in [0.4, 0.5) is 30.6 Å². The van der Waals surface area contributed by atoms with Crippen LogP contribution in [0.3, 0.4) is 0 Å². The number of hydrogen-bond donors (Lipinski definition) is 2. The molecule has 3 aromatic rings. The van der Waals surface area contributed by atoms with Crippen LogP contribution in [0.5, 0.6) is 5.75 Å². The zero-order valence-electron chi connectivity index (χ0n) is 28.9. The first-order valence-electron chi connectivity index (χ1n) is 17.6. The Morgan fingerprint density at radius 1 is 1.04 bits per heavy atom. The minimum absolute atomic E-state index is 0.0238. The highest BCUT2D eigenvalue weighted by atomic mass is 19.4. The van der Waals surface area contributed by atoms with Crippen LogP contribution in [0.2, 0.25) is 0 Å². The molecule has 268 valence electrons. The highest BCUT2D eigenvalue weighted by Crippen LogP contribution is 2.54. The molecule has 0 bridgehead atoms. The number of aryl methyl sites for hydroxylation is 1. The number of nitrogens with zero attached hydrogens (tertiary/aromatic N) is 6. The molecule has 2 spiro atoms. The van der Waals surface area contributed by atoms with Crippen molar-refractivity contribution in [3.8, 4) is 16.9 Å². The molecule has 1 aromatic heterocycles. The van der Waals surface area contributed by atoms with E-state index in [9.17, 15) is 18.0 Å². The Kier molecular flexibility index (Phi) is 7.86. The highest BCUT2D eigenvalue weighted by molar-refractivity contribution is 6.06. The summed E-state index contributed by atoms with van der Waals surface area (Å²) in [5.74, 6) is 0.986. The van der Waals surface area contributed by atoms with Crippen LogP contribution in [-0.2, 0) is 4.79 Å². The fourth-order valence-electron chi connectivity index (χ4n) is 8.53. The lowest BCUT2D eigenvalue weighted by Crippen LogP contribution is -2.66. The number of hydrogen-bond acceptors (Lipinski definition) is 9.